The molecule has 0 bridgehead atoms. The molecule has 0 rings (SSSR count). The second-order valence-corrected chi connectivity index (χ2v) is 4.29. The summed E-state index contributed by atoms with van der Waals surface area (Å²) in [6.07, 6.45) is -26.3. The van der Waals surface area contributed by atoms with Crippen LogP contribution in [-0.4, -0.2) is 42.1 Å². The van der Waals surface area contributed by atoms with E-state index in [4.69, 9.17) is 0 Å². The molecule has 0 heterocycles. The van der Waals surface area contributed by atoms with Gasteiger partial charge in [0.15, 0.2) is 0 Å². The van der Waals surface area contributed by atoms with Crippen molar-refractivity contribution in [2.45, 2.75) is 50.1 Å². The van der Waals surface area contributed by atoms with Crippen molar-refractivity contribution in [1.29, 1.82) is 0 Å². The van der Waals surface area contributed by atoms with Gasteiger partial charge in [0, 0.05) is 13.8 Å². The fourth-order valence-electron chi connectivity index (χ4n) is 0.832. The van der Waals surface area contributed by atoms with Crippen molar-refractivity contribution in [2.75, 3.05) is 0 Å². The molecule has 0 fully saturated rings. The average molecular weight is 390 g/mol. The van der Waals surface area contributed by atoms with Crippen LogP contribution in [0, 0.1) is 0 Å². The Morgan fingerprint density at radius 3 is 1.29 bits per heavy atom. The Kier molecular flexibility index (Phi) is 5.62. The van der Waals surface area contributed by atoms with Crippen molar-refractivity contribution < 1.29 is 67.0 Å². The van der Waals surface area contributed by atoms with Crippen molar-refractivity contribution in [3.8, 4) is 0 Å². The van der Waals surface area contributed by atoms with Crippen molar-refractivity contribution in [3.63, 3.8) is 0 Å². The molecular weight excluding hydrogens is 384 g/mol. The zero-order chi connectivity index (χ0) is 20.0. The van der Waals surface area contributed by atoms with Gasteiger partial charge < -0.3 is 0 Å². The summed E-state index contributed by atoms with van der Waals surface area (Å²) in [5, 5.41) is 0. The predicted octanol–water partition coefficient (Wildman–Crippen LogP) is 4.27. The zero-order valence-corrected chi connectivity index (χ0v) is 11.3. The first-order chi connectivity index (χ1) is 10.1. The third-order valence-corrected chi connectivity index (χ3v) is 2.18. The van der Waals surface area contributed by atoms with E-state index in [0.29, 0.717) is 0 Å². The summed E-state index contributed by atoms with van der Waals surface area (Å²) >= 11 is 0. The molecule has 0 aliphatic carbocycles. The van der Waals surface area contributed by atoms with E-state index >= 15 is 0 Å². The van der Waals surface area contributed by atoms with Crippen molar-refractivity contribution in [2.24, 2.45) is 0 Å². The maximum Gasteiger partial charge on any atom is 0.453 e. The summed E-state index contributed by atoms with van der Waals surface area (Å²) in [7, 11) is 0. The number of carbonyl (C=O) groups excluding carboxylic acids is 1. The summed E-state index contributed by atoms with van der Waals surface area (Å²) in [4.78, 5) is 10.2. The van der Waals surface area contributed by atoms with Crippen LogP contribution in [0.2, 0.25) is 0 Å². The molecule has 0 aromatic rings. The van der Waals surface area contributed by atoms with Crippen LogP contribution in [-0.2, 0) is 14.3 Å². The SMILES string of the molecule is CC(=O)C(F)(F)OC(F)(F)C(F)(F)OC(F)(F)C(F)(F)C(C)(F)F. The number of ether oxygens (including phenoxy) is 2. The molecule has 0 aliphatic heterocycles. The highest BCUT2D eigenvalue weighted by Gasteiger charge is 2.77. The first-order valence-corrected chi connectivity index (χ1v) is 5.29. The molecular formula is C9H6F12O3. The summed E-state index contributed by atoms with van der Waals surface area (Å²) < 4.78 is 155. The quantitative estimate of drug-likeness (QED) is 0.581. The smallest absolute Gasteiger partial charge is 0.290 e. The zero-order valence-electron chi connectivity index (χ0n) is 11.3. The van der Waals surface area contributed by atoms with Gasteiger partial charge in [-0.2, -0.15) is 52.7 Å². The van der Waals surface area contributed by atoms with Gasteiger partial charge in [-0.3, -0.25) is 4.79 Å². The lowest BCUT2D eigenvalue weighted by atomic mass is 10.2. The second-order valence-electron chi connectivity index (χ2n) is 4.29. The fourth-order valence-corrected chi connectivity index (χ4v) is 0.832. The molecule has 0 saturated carbocycles. The molecule has 0 spiro atoms. The second kappa shape index (κ2) is 5.93. The number of alkyl halides is 12. The van der Waals surface area contributed by atoms with Gasteiger partial charge in [0.2, 0.25) is 5.78 Å². The Balaban J connectivity index is 5.65. The maximum absolute atomic E-state index is 12.8. The fraction of sp³-hybridized carbons (Fsp3) is 0.889. The lowest BCUT2D eigenvalue weighted by Gasteiger charge is -2.34. The molecule has 144 valence electrons. The molecule has 0 N–H and O–H groups in total. The monoisotopic (exact) mass is 390 g/mol. The normalized spacial score (nSPS) is 15.6. The van der Waals surface area contributed by atoms with Crippen molar-refractivity contribution in [3.05, 3.63) is 0 Å². The van der Waals surface area contributed by atoms with Crippen LogP contribution in [0.25, 0.3) is 0 Å². The highest BCUT2D eigenvalue weighted by atomic mass is 19.4. The van der Waals surface area contributed by atoms with Crippen molar-refractivity contribution in [1.82, 2.24) is 0 Å². The minimum atomic E-state index is -6.95. The van der Waals surface area contributed by atoms with E-state index in [1.807, 2.05) is 4.74 Å². The standard InChI is InChI=1S/C9H6F12O3/c1-3(22)5(12,13)23-8(18,19)9(20,21)24-7(16,17)6(14,15)4(2,10)11/h1-2H3. The number of hydrogen-bond acceptors (Lipinski definition) is 3. The Labute approximate surface area is 124 Å². The number of rotatable bonds is 8. The summed E-state index contributed by atoms with van der Waals surface area (Å²) in [6.45, 7) is -1.00. The Bertz CT molecular complexity index is 481. The van der Waals surface area contributed by atoms with Gasteiger partial charge in [0.1, 0.15) is 0 Å². The number of Topliss-reactive ketones (excluding diaryl/α,β-unsaturated/α-hetero) is 1. The van der Waals surface area contributed by atoms with Gasteiger partial charge in [-0.25, -0.2) is 9.47 Å². The molecule has 15 heteroatoms. The Morgan fingerprint density at radius 2 is 1.00 bits per heavy atom. The van der Waals surface area contributed by atoms with Crippen LogP contribution >= 0.6 is 0 Å². The summed E-state index contributed by atoms with van der Waals surface area (Å²) in [5.74, 6) is -15.1. The molecule has 0 aromatic carbocycles. The molecule has 0 atom stereocenters. The van der Waals surface area contributed by atoms with Crippen LogP contribution in [0.3, 0.4) is 0 Å². The van der Waals surface area contributed by atoms with Crippen LogP contribution in [0.1, 0.15) is 13.8 Å². The number of carbonyl (C=O) groups is 1. The topological polar surface area (TPSA) is 35.5 Å². The maximum atomic E-state index is 12.8. The highest BCUT2D eigenvalue weighted by Crippen LogP contribution is 2.51. The first-order valence-electron chi connectivity index (χ1n) is 5.29. The molecule has 0 aliphatic rings. The lowest BCUT2D eigenvalue weighted by Crippen LogP contribution is -2.60. The number of ketones is 1. The minimum Gasteiger partial charge on any atom is -0.290 e. The van der Waals surface area contributed by atoms with Crippen LogP contribution < -0.4 is 0 Å². The Morgan fingerprint density at radius 1 is 0.667 bits per heavy atom. The van der Waals surface area contributed by atoms with Gasteiger partial charge in [0.25, 0.3) is 0 Å². The van der Waals surface area contributed by atoms with Gasteiger partial charge in [-0.15, -0.1) is 0 Å². The first kappa shape index (κ1) is 22.8. The third-order valence-electron chi connectivity index (χ3n) is 2.18. The highest BCUT2D eigenvalue weighted by molar-refractivity contribution is 5.81. The molecule has 3 nitrogen and oxygen atoms in total. The minimum absolute atomic E-state index is 0.129. The third kappa shape index (κ3) is 4.23. The predicted molar refractivity (Wildman–Crippen MR) is 48.2 cm³/mol. The van der Waals surface area contributed by atoms with Gasteiger partial charge in [-0.05, 0) is 0 Å². The van der Waals surface area contributed by atoms with Crippen LogP contribution in [0.15, 0.2) is 0 Å². The molecule has 0 unspecified atom stereocenters. The molecule has 0 amide bonds. The summed E-state index contributed by atoms with van der Waals surface area (Å²) in [6, 6.07) is 0. The Hall–Kier alpha value is -1.25. The number of hydrogen-bond donors (Lipinski definition) is 0. The van der Waals surface area contributed by atoms with Gasteiger partial charge >= 0.3 is 36.3 Å². The van der Waals surface area contributed by atoms with E-state index in [-0.39, 0.29) is 6.92 Å². The molecule has 0 radical (unpaired) electrons. The molecule has 0 saturated heterocycles. The van der Waals surface area contributed by atoms with E-state index in [2.05, 4.69) is 0 Å². The van der Waals surface area contributed by atoms with Crippen molar-refractivity contribution >= 4 is 5.78 Å². The lowest BCUT2D eigenvalue weighted by molar-refractivity contribution is -0.530. The van der Waals surface area contributed by atoms with E-state index < -0.39 is 49.0 Å². The van der Waals surface area contributed by atoms with E-state index in [0.717, 1.165) is 0 Å². The molecule has 0 aromatic heterocycles. The van der Waals surface area contributed by atoms with E-state index in [1.54, 1.807) is 4.74 Å². The number of halogens is 12. The molecule has 24 heavy (non-hydrogen) atoms. The largest absolute Gasteiger partial charge is 0.453 e. The van der Waals surface area contributed by atoms with Crippen LogP contribution in [0.4, 0.5) is 52.7 Å². The van der Waals surface area contributed by atoms with Gasteiger partial charge in [-0.1, -0.05) is 0 Å². The van der Waals surface area contributed by atoms with Gasteiger partial charge in [0.05, 0.1) is 0 Å². The average Bonchev–Trinajstić information content (AvgIpc) is 2.23. The van der Waals surface area contributed by atoms with E-state index in [1.165, 1.54) is 0 Å². The van der Waals surface area contributed by atoms with E-state index in [9.17, 15) is 57.5 Å². The van der Waals surface area contributed by atoms with Crippen LogP contribution in [0.5, 0.6) is 0 Å². The summed E-state index contributed by atoms with van der Waals surface area (Å²) in [5.41, 5.74) is 0.